The number of nitrogens with two attached hydrogens (primary N) is 1. The second-order valence-corrected chi connectivity index (χ2v) is 4.81. The van der Waals surface area contributed by atoms with Crippen LogP contribution in [0.2, 0.25) is 0 Å². The van der Waals surface area contributed by atoms with Crippen LogP contribution in [0.5, 0.6) is 0 Å². The first-order valence-electron chi connectivity index (χ1n) is 6.46. The van der Waals surface area contributed by atoms with Gasteiger partial charge in [-0.25, -0.2) is 4.79 Å². The first-order chi connectivity index (χ1) is 10.1. The van der Waals surface area contributed by atoms with Crippen LogP contribution in [0, 0.1) is 0 Å². The number of benzene rings is 2. The summed E-state index contributed by atoms with van der Waals surface area (Å²) < 4.78 is 0. The third-order valence-corrected chi connectivity index (χ3v) is 3.12. The zero-order valence-corrected chi connectivity index (χ0v) is 11.1. The van der Waals surface area contributed by atoms with E-state index in [2.05, 4.69) is 15.3 Å². The van der Waals surface area contributed by atoms with E-state index >= 15 is 0 Å². The molecule has 0 bridgehead atoms. The van der Waals surface area contributed by atoms with Gasteiger partial charge in [0, 0.05) is 11.4 Å². The van der Waals surface area contributed by atoms with Crippen molar-refractivity contribution < 1.29 is 4.79 Å². The molecule has 6 heteroatoms. The van der Waals surface area contributed by atoms with Crippen LogP contribution in [0.4, 0.5) is 11.4 Å². The second-order valence-electron chi connectivity index (χ2n) is 4.81. The van der Waals surface area contributed by atoms with Crippen molar-refractivity contribution in [2.45, 2.75) is 6.42 Å². The number of fused-ring (bicyclic) bond motifs is 1. The third kappa shape index (κ3) is 2.94. The van der Waals surface area contributed by atoms with E-state index in [9.17, 15) is 9.59 Å². The molecule has 5 N–H and O–H groups in total. The Bertz CT molecular complexity index is 863. The monoisotopic (exact) mass is 282 g/mol. The molecule has 1 aromatic heterocycles. The van der Waals surface area contributed by atoms with Crippen molar-refractivity contribution in [3.05, 3.63) is 58.5 Å². The van der Waals surface area contributed by atoms with E-state index in [1.165, 1.54) is 0 Å². The van der Waals surface area contributed by atoms with E-state index in [4.69, 9.17) is 5.73 Å². The topological polar surface area (TPSA) is 104 Å². The number of nitrogen functional groups attached to an aromatic ring is 1. The van der Waals surface area contributed by atoms with Crippen LogP contribution in [0.25, 0.3) is 11.0 Å². The number of aromatic amines is 2. The van der Waals surface area contributed by atoms with Gasteiger partial charge in [-0.15, -0.1) is 0 Å². The van der Waals surface area contributed by atoms with E-state index in [0.29, 0.717) is 22.4 Å². The molecule has 6 nitrogen and oxygen atoms in total. The molecule has 0 unspecified atom stereocenters. The molecule has 21 heavy (non-hydrogen) atoms. The average Bonchev–Trinajstić information content (AvgIpc) is 2.78. The lowest BCUT2D eigenvalue weighted by Gasteiger charge is -2.06. The van der Waals surface area contributed by atoms with Crippen molar-refractivity contribution in [3.63, 3.8) is 0 Å². The number of carbonyl (C=O) groups is 1. The lowest BCUT2D eigenvalue weighted by atomic mass is 10.1. The van der Waals surface area contributed by atoms with Crippen molar-refractivity contribution in [1.29, 1.82) is 0 Å². The lowest BCUT2D eigenvalue weighted by Crippen LogP contribution is -2.14. The molecule has 0 aliphatic heterocycles. The van der Waals surface area contributed by atoms with Gasteiger partial charge >= 0.3 is 5.69 Å². The Morgan fingerprint density at radius 2 is 1.90 bits per heavy atom. The van der Waals surface area contributed by atoms with E-state index in [1.54, 1.807) is 30.3 Å². The van der Waals surface area contributed by atoms with Crippen molar-refractivity contribution in [2.75, 3.05) is 11.1 Å². The molecule has 0 spiro atoms. The van der Waals surface area contributed by atoms with Crippen LogP contribution in [0.1, 0.15) is 5.56 Å². The standard InChI is InChI=1S/C15H14N4O2/c16-10-3-1-2-9(6-10)7-14(20)17-11-4-5-12-13(8-11)19-15(21)18-12/h1-6,8H,7,16H2,(H,17,20)(H2,18,19,21). The highest BCUT2D eigenvalue weighted by molar-refractivity contribution is 5.94. The normalized spacial score (nSPS) is 10.7. The van der Waals surface area contributed by atoms with Crippen LogP contribution in [-0.4, -0.2) is 15.9 Å². The minimum Gasteiger partial charge on any atom is -0.399 e. The molecule has 3 aromatic rings. The summed E-state index contributed by atoms with van der Waals surface area (Å²) in [4.78, 5) is 28.5. The highest BCUT2D eigenvalue weighted by Crippen LogP contribution is 2.15. The predicted octanol–water partition coefficient (Wildman–Crippen LogP) is 1.62. The summed E-state index contributed by atoms with van der Waals surface area (Å²) in [6.45, 7) is 0. The molecule has 0 aliphatic carbocycles. The number of imidazole rings is 1. The highest BCUT2D eigenvalue weighted by atomic mass is 16.1. The molecule has 3 rings (SSSR count). The van der Waals surface area contributed by atoms with Gasteiger partial charge in [0.2, 0.25) is 5.91 Å². The number of aromatic nitrogens is 2. The summed E-state index contributed by atoms with van der Waals surface area (Å²) in [5, 5.41) is 2.80. The SMILES string of the molecule is Nc1cccc(CC(=O)Nc2ccc3[nH]c(=O)[nH]c3c2)c1. The number of nitrogens with one attached hydrogen (secondary N) is 3. The van der Waals surface area contributed by atoms with Crippen molar-refractivity contribution in [2.24, 2.45) is 0 Å². The molecule has 0 atom stereocenters. The second kappa shape index (κ2) is 5.16. The number of hydrogen-bond acceptors (Lipinski definition) is 3. The first kappa shape index (κ1) is 13.0. The highest BCUT2D eigenvalue weighted by Gasteiger charge is 2.06. The summed E-state index contributed by atoms with van der Waals surface area (Å²) >= 11 is 0. The Labute approximate surface area is 120 Å². The van der Waals surface area contributed by atoms with Crippen LogP contribution < -0.4 is 16.7 Å². The molecular weight excluding hydrogens is 268 g/mol. The molecule has 0 radical (unpaired) electrons. The van der Waals surface area contributed by atoms with Gasteiger partial charge in [-0.05, 0) is 35.9 Å². The van der Waals surface area contributed by atoms with Gasteiger partial charge in [0.15, 0.2) is 0 Å². The van der Waals surface area contributed by atoms with Crippen LogP contribution in [0.3, 0.4) is 0 Å². The Morgan fingerprint density at radius 1 is 1.10 bits per heavy atom. The quantitative estimate of drug-likeness (QED) is 0.549. The van der Waals surface area contributed by atoms with Gasteiger partial charge in [0.25, 0.3) is 0 Å². The van der Waals surface area contributed by atoms with Crippen LogP contribution in [0.15, 0.2) is 47.3 Å². The molecule has 0 saturated carbocycles. The number of amides is 1. The van der Waals surface area contributed by atoms with E-state index in [-0.39, 0.29) is 18.0 Å². The molecular formula is C15H14N4O2. The van der Waals surface area contributed by atoms with Gasteiger partial charge < -0.3 is 21.0 Å². The maximum atomic E-state index is 12.0. The number of H-pyrrole nitrogens is 2. The smallest absolute Gasteiger partial charge is 0.323 e. The molecule has 1 amide bonds. The Morgan fingerprint density at radius 3 is 2.71 bits per heavy atom. The zero-order chi connectivity index (χ0) is 14.8. The van der Waals surface area contributed by atoms with Gasteiger partial charge in [-0.2, -0.15) is 0 Å². The number of hydrogen-bond donors (Lipinski definition) is 4. The summed E-state index contributed by atoms with van der Waals surface area (Å²) in [6.07, 6.45) is 0.243. The molecule has 1 heterocycles. The summed E-state index contributed by atoms with van der Waals surface area (Å²) in [6, 6.07) is 12.4. The minimum absolute atomic E-state index is 0.141. The zero-order valence-electron chi connectivity index (χ0n) is 11.1. The first-order valence-corrected chi connectivity index (χ1v) is 6.46. The van der Waals surface area contributed by atoms with Crippen molar-refractivity contribution >= 4 is 28.3 Å². The fourth-order valence-electron chi connectivity index (χ4n) is 2.20. The molecule has 0 fully saturated rings. The maximum absolute atomic E-state index is 12.0. The van der Waals surface area contributed by atoms with E-state index in [0.717, 1.165) is 5.56 Å². The van der Waals surface area contributed by atoms with Crippen molar-refractivity contribution in [3.8, 4) is 0 Å². The fourth-order valence-corrected chi connectivity index (χ4v) is 2.20. The largest absolute Gasteiger partial charge is 0.399 e. The van der Waals surface area contributed by atoms with Gasteiger partial charge in [-0.3, -0.25) is 4.79 Å². The number of rotatable bonds is 3. The molecule has 2 aromatic carbocycles. The summed E-state index contributed by atoms with van der Waals surface area (Å²) in [5.41, 5.74) is 8.88. The predicted molar refractivity (Wildman–Crippen MR) is 82.1 cm³/mol. The van der Waals surface area contributed by atoms with E-state index < -0.39 is 0 Å². The fraction of sp³-hybridized carbons (Fsp3) is 0.0667. The lowest BCUT2D eigenvalue weighted by molar-refractivity contribution is -0.115. The molecule has 0 saturated heterocycles. The average molecular weight is 282 g/mol. The maximum Gasteiger partial charge on any atom is 0.323 e. The van der Waals surface area contributed by atoms with E-state index in [1.807, 2.05) is 12.1 Å². The van der Waals surface area contributed by atoms with Gasteiger partial charge in [0.1, 0.15) is 0 Å². The third-order valence-electron chi connectivity index (χ3n) is 3.12. The molecule has 0 aliphatic rings. The van der Waals surface area contributed by atoms with Crippen LogP contribution in [-0.2, 0) is 11.2 Å². The minimum atomic E-state index is -0.270. The Balaban J connectivity index is 1.75. The Hall–Kier alpha value is -3.02. The summed E-state index contributed by atoms with van der Waals surface area (Å²) in [7, 11) is 0. The number of anilines is 2. The van der Waals surface area contributed by atoms with Crippen LogP contribution >= 0.6 is 0 Å². The van der Waals surface area contributed by atoms with Crippen molar-refractivity contribution in [1.82, 2.24) is 9.97 Å². The summed E-state index contributed by atoms with van der Waals surface area (Å²) in [5.74, 6) is -0.141. The molecule has 106 valence electrons. The number of carbonyl (C=O) groups excluding carboxylic acids is 1. The Kier molecular flexibility index (Phi) is 3.19. The van der Waals surface area contributed by atoms with Gasteiger partial charge in [-0.1, -0.05) is 12.1 Å². The van der Waals surface area contributed by atoms with Gasteiger partial charge in [0.05, 0.1) is 17.5 Å².